The summed E-state index contributed by atoms with van der Waals surface area (Å²) >= 11 is 0. The zero-order valence-corrected chi connectivity index (χ0v) is 11.0. The molecule has 1 atom stereocenters. The summed E-state index contributed by atoms with van der Waals surface area (Å²) in [6, 6.07) is 1.87. The van der Waals surface area contributed by atoms with E-state index in [0.717, 1.165) is 23.3 Å². The topological polar surface area (TPSA) is 82.6 Å². The largest absolute Gasteiger partial charge is 0.363 e. The highest BCUT2D eigenvalue weighted by Crippen LogP contribution is 2.16. The molecule has 2 heterocycles. The van der Waals surface area contributed by atoms with Crippen LogP contribution < -0.4 is 10.2 Å². The number of H-pyrrole nitrogens is 1. The summed E-state index contributed by atoms with van der Waals surface area (Å²) in [6.07, 6.45) is 1.54. The highest BCUT2D eigenvalue weighted by Gasteiger charge is 2.11. The van der Waals surface area contributed by atoms with E-state index in [0.29, 0.717) is 0 Å². The van der Waals surface area contributed by atoms with Gasteiger partial charge in [-0.05, 0) is 13.8 Å². The van der Waals surface area contributed by atoms with Crippen molar-refractivity contribution in [2.75, 3.05) is 24.3 Å². The normalized spacial score (nSPS) is 12.2. The molecule has 7 heteroatoms. The number of aromatic nitrogens is 5. The second-order valence-corrected chi connectivity index (χ2v) is 4.30. The van der Waals surface area contributed by atoms with Crippen molar-refractivity contribution in [3.05, 3.63) is 24.0 Å². The Bertz CT molecular complexity index is 520. The molecule has 0 amide bonds. The first kappa shape index (κ1) is 12.3. The zero-order valence-electron chi connectivity index (χ0n) is 11.0. The van der Waals surface area contributed by atoms with Crippen LogP contribution in [-0.2, 0) is 0 Å². The van der Waals surface area contributed by atoms with E-state index in [1.54, 1.807) is 0 Å². The van der Waals surface area contributed by atoms with Crippen molar-refractivity contribution in [3.63, 3.8) is 0 Å². The number of anilines is 2. The molecule has 0 fully saturated rings. The van der Waals surface area contributed by atoms with Gasteiger partial charge in [0.2, 0.25) is 0 Å². The highest BCUT2D eigenvalue weighted by atomic mass is 15.2. The third kappa shape index (κ3) is 2.73. The number of hydrogen-bond acceptors (Lipinski definition) is 6. The number of hydrogen-bond donors (Lipinski definition) is 2. The van der Waals surface area contributed by atoms with Gasteiger partial charge in [0.25, 0.3) is 0 Å². The van der Waals surface area contributed by atoms with Gasteiger partial charge in [0, 0.05) is 20.2 Å². The predicted octanol–water partition coefficient (Wildman–Crippen LogP) is 1.14. The van der Waals surface area contributed by atoms with Gasteiger partial charge in [0.15, 0.2) is 5.82 Å². The molecular formula is C11H17N7. The monoisotopic (exact) mass is 247 g/mol. The average Bonchev–Trinajstić information content (AvgIpc) is 2.76. The maximum absolute atomic E-state index is 4.28. The molecule has 2 rings (SSSR count). The van der Waals surface area contributed by atoms with E-state index < -0.39 is 0 Å². The molecule has 0 spiro atoms. The van der Waals surface area contributed by atoms with Gasteiger partial charge in [-0.15, -0.1) is 0 Å². The Kier molecular flexibility index (Phi) is 3.40. The molecule has 0 saturated carbocycles. The Balaban J connectivity index is 2.11. The van der Waals surface area contributed by atoms with E-state index in [-0.39, 0.29) is 6.04 Å². The number of aromatic amines is 1. The standard InChI is InChI=1S/C11H17N7/c1-7(11-15-8(2)16-17-11)14-9-5-10(18(3)4)13-6-12-9/h5-7H,1-4H3,(H,12,13,14)(H,15,16,17). The summed E-state index contributed by atoms with van der Waals surface area (Å²) in [7, 11) is 3.88. The molecular weight excluding hydrogens is 230 g/mol. The van der Waals surface area contributed by atoms with Crippen LogP contribution in [0.2, 0.25) is 0 Å². The molecule has 0 aliphatic carbocycles. The second-order valence-electron chi connectivity index (χ2n) is 4.30. The molecule has 2 aromatic heterocycles. The van der Waals surface area contributed by atoms with E-state index >= 15 is 0 Å². The van der Waals surface area contributed by atoms with Crippen molar-refractivity contribution in [1.82, 2.24) is 25.1 Å². The number of aryl methyl sites for hydroxylation is 1. The van der Waals surface area contributed by atoms with Gasteiger partial charge in [-0.2, -0.15) is 5.10 Å². The third-order valence-electron chi connectivity index (χ3n) is 2.48. The van der Waals surface area contributed by atoms with Crippen LogP contribution in [0.4, 0.5) is 11.6 Å². The van der Waals surface area contributed by atoms with Gasteiger partial charge in [0.1, 0.15) is 23.8 Å². The molecule has 2 N–H and O–H groups in total. The minimum atomic E-state index is -0.0140. The molecule has 0 aliphatic rings. The summed E-state index contributed by atoms with van der Waals surface area (Å²) in [6.45, 7) is 3.86. The van der Waals surface area contributed by atoms with Gasteiger partial charge < -0.3 is 10.2 Å². The molecule has 96 valence electrons. The minimum Gasteiger partial charge on any atom is -0.363 e. The second kappa shape index (κ2) is 4.99. The molecule has 0 saturated heterocycles. The van der Waals surface area contributed by atoms with E-state index in [1.807, 2.05) is 38.9 Å². The smallest absolute Gasteiger partial charge is 0.172 e. The lowest BCUT2D eigenvalue weighted by molar-refractivity contribution is 0.788. The van der Waals surface area contributed by atoms with Crippen molar-refractivity contribution in [2.24, 2.45) is 0 Å². The number of rotatable bonds is 4. The Morgan fingerprint density at radius 1 is 1.33 bits per heavy atom. The Morgan fingerprint density at radius 2 is 2.11 bits per heavy atom. The molecule has 0 aliphatic heterocycles. The molecule has 18 heavy (non-hydrogen) atoms. The highest BCUT2D eigenvalue weighted by molar-refractivity contribution is 5.48. The van der Waals surface area contributed by atoms with E-state index in [9.17, 15) is 0 Å². The Morgan fingerprint density at radius 3 is 2.72 bits per heavy atom. The lowest BCUT2D eigenvalue weighted by atomic mass is 10.3. The fraction of sp³-hybridized carbons (Fsp3) is 0.455. The Labute approximate surface area is 106 Å². The van der Waals surface area contributed by atoms with Crippen molar-refractivity contribution in [2.45, 2.75) is 19.9 Å². The van der Waals surface area contributed by atoms with Crippen molar-refractivity contribution < 1.29 is 0 Å². The van der Waals surface area contributed by atoms with Crippen LogP contribution >= 0.6 is 0 Å². The maximum atomic E-state index is 4.28. The lowest BCUT2D eigenvalue weighted by Gasteiger charge is -2.14. The van der Waals surface area contributed by atoms with Gasteiger partial charge in [0.05, 0.1) is 6.04 Å². The van der Waals surface area contributed by atoms with Gasteiger partial charge in [-0.1, -0.05) is 0 Å². The molecule has 7 nitrogen and oxygen atoms in total. The Hall–Kier alpha value is -2.18. The first-order chi connectivity index (χ1) is 8.56. The first-order valence-corrected chi connectivity index (χ1v) is 5.71. The van der Waals surface area contributed by atoms with Crippen LogP contribution in [0.5, 0.6) is 0 Å². The quantitative estimate of drug-likeness (QED) is 0.843. The maximum Gasteiger partial charge on any atom is 0.172 e. The predicted molar refractivity (Wildman–Crippen MR) is 69.5 cm³/mol. The third-order valence-corrected chi connectivity index (χ3v) is 2.48. The van der Waals surface area contributed by atoms with Crippen LogP contribution in [0.25, 0.3) is 0 Å². The molecule has 1 unspecified atom stereocenters. The molecule has 0 bridgehead atoms. The lowest BCUT2D eigenvalue weighted by Crippen LogP contribution is -2.13. The van der Waals surface area contributed by atoms with Crippen molar-refractivity contribution in [3.8, 4) is 0 Å². The van der Waals surface area contributed by atoms with E-state index in [4.69, 9.17) is 0 Å². The van der Waals surface area contributed by atoms with Crippen LogP contribution in [-0.4, -0.2) is 39.2 Å². The van der Waals surface area contributed by atoms with Gasteiger partial charge in [-0.3, -0.25) is 5.10 Å². The zero-order chi connectivity index (χ0) is 13.1. The fourth-order valence-electron chi connectivity index (χ4n) is 1.51. The molecule has 0 radical (unpaired) electrons. The summed E-state index contributed by atoms with van der Waals surface area (Å²) in [5.74, 6) is 3.13. The van der Waals surface area contributed by atoms with Crippen molar-refractivity contribution >= 4 is 11.6 Å². The van der Waals surface area contributed by atoms with Gasteiger partial charge in [-0.25, -0.2) is 15.0 Å². The summed E-state index contributed by atoms with van der Waals surface area (Å²) in [5, 5.41) is 10.2. The van der Waals surface area contributed by atoms with E-state index in [1.165, 1.54) is 6.33 Å². The number of nitrogens with zero attached hydrogens (tertiary/aromatic N) is 5. The SMILES string of the molecule is Cc1nc(C(C)Nc2cc(N(C)C)ncn2)n[nH]1. The minimum absolute atomic E-state index is 0.0140. The average molecular weight is 247 g/mol. The van der Waals surface area contributed by atoms with Crippen LogP contribution in [0.1, 0.15) is 24.6 Å². The van der Waals surface area contributed by atoms with Crippen LogP contribution in [0.15, 0.2) is 12.4 Å². The van der Waals surface area contributed by atoms with E-state index in [2.05, 4.69) is 30.5 Å². The van der Waals surface area contributed by atoms with Crippen molar-refractivity contribution in [1.29, 1.82) is 0 Å². The van der Waals surface area contributed by atoms with Crippen LogP contribution in [0, 0.1) is 6.92 Å². The molecule has 0 aromatic carbocycles. The summed E-state index contributed by atoms with van der Waals surface area (Å²) in [5.41, 5.74) is 0. The van der Waals surface area contributed by atoms with Crippen LogP contribution in [0.3, 0.4) is 0 Å². The summed E-state index contributed by atoms with van der Waals surface area (Å²) in [4.78, 5) is 14.5. The first-order valence-electron chi connectivity index (χ1n) is 5.71. The van der Waals surface area contributed by atoms with Gasteiger partial charge >= 0.3 is 0 Å². The summed E-state index contributed by atoms with van der Waals surface area (Å²) < 4.78 is 0. The fourth-order valence-corrected chi connectivity index (χ4v) is 1.51. The molecule has 2 aromatic rings. The number of nitrogens with one attached hydrogen (secondary N) is 2.